The molecule has 9 rings (SSSR count). The van der Waals surface area contributed by atoms with Gasteiger partial charge in [-0.2, -0.15) is 5.26 Å². The Balaban J connectivity index is 0.000000184. The van der Waals surface area contributed by atoms with Gasteiger partial charge in [-0.25, -0.2) is 19.2 Å². The predicted octanol–water partition coefficient (Wildman–Crippen LogP) is 16.4. The number of rotatable bonds is 16. The molecule has 0 spiro atoms. The minimum atomic E-state index is -3.44. The fourth-order valence-electron chi connectivity index (χ4n) is 8.97. The van der Waals surface area contributed by atoms with Gasteiger partial charge in [0.25, 0.3) is 0 Å². The summed E-state index contributed by atoms with van der Waals surface area (Å²) in [6.45, 7) is 27.3. The molecule has 434 valence electrons. The first-order valence-electron chi connectivity index (χ1n) is 27.6. The van der Waals surface area contributed by atoms with Crippen molar-refractivity contribution in [2.75, 3.05) is 0 Å². The van der Waals surface area contributed by atoms with Gasteiger partial charge in [0, 0.05) is 61.0 Å². The summed E-state index contributed by atoms with van der Waals surface area (Å²) in [7, 11) is -3.44. The lowest BCUT2D eigenvalue weighted by molar-refractivity contribution is -0.131. The molecule has 0 bridgehead atoms. The summed E-state index contributed by atoms with van der Waals surface area (Å²) in [4.78, 5) is 59.5. The molecule has 1 unspecified atom stereocenters. The maximum Gasteiger partial charge on any atom is 0.338 e. The molecule has 0 aliphatic heterocycles. The maximum atomic E-state index is 14.2. The number of ether oxygens (including phenoxy) is 4. The Hall–Kier alpha value is -10.3. The molecule has 0 heterocycles. The average molecular weight is 1160 g/mol. The van der Waals surface area contributed by atoms with E-state index in [1.165, 1.54) is 17.5 Å². The lowest BCUT2D eigenvalue weighted by Gasteiger charge is -2.20. The van der Waals surface area contributed by atoms with Crippen molar-refractivity contribution in [3.05, 3.63) is 277 Å². The minimum Gasteiger partial charge on any atom is -0.423 e. The van der Waals surface area contributed by atoms with E-state index in [0.29, 0.717) is 77.4 Å². The van der Waals surface area contributed by atoms with E-state index in [0.717, 1.165) is 46.7 Å². The zero-order valence-corrected chi connectivity index (χ0v) is 50.3. The molecule has 0 aromatic heterocycles. The number of hydrogen-bond acceptors (Lipinski definition) is 11. The van der Waals surface area contributed by atoms with Crippen molar-refractivity contribution in [1.29, 1.82) is 5.26 Å². The Morgan fingerprint density at radius 1 is 0.523 bits per heavy atom. The van der Waals surface area contributed by atoms with Crippen LogP contribution in [0.5, 0.6) is 23.0 Å². The lowest BCUT2D eigenvalue weighted by Crippen LogP contribution is -2.23. The SMILES string of the molecule is C=C(C)C(=O)Oc1ccc(OC(=O)C(=C)C)c2ccccc12.C=CC(=O)Oc1ccc(OC(=O)C=C)c2ccccc12.CCC(C)Cc1ccc(-c2ccc(C#N)cc2)cc1.Cc1cc(C)c(C(=O)P(=O)(c2ccccc2)c2ccccc2)c(C)c1. The van der Waals surface area contributed by atoms with Gasteiger partial charge in [-0.3, -0.25) is 4.79 Å². The topological polar surface area (TPSA) is 163 Å². The molecule has 0 fully saturated rings. The second-order valence-electron chi connectivity index (χ2n) is 20.3. The molecule has 0 amide bonds. The van der Waals surface area contributed by atoms with Crippen molar-refractivity contribution < 1.29 is 47.5 Å². The molecule has 0 N–H and O–H groups in total. The number of aryl methyl sites for hydroxylation is 3. The van der Waals surface area contributed by atoms with Gasteiger partial charge in [-0.15, -0.1) is 0 Å². The van der Waals surface area contributed by atoms with Crippen molar-refractivity contribution in [1.82, 2.24) is 0 Å². The lowest BCUT2D eigenvalue weighted by atomic mass is 9.96. The van der Waals surface area contributed by atoms with Crippen LogP contribution in [0.15, 0.2) is 244 Å². The molecule has 0 aliphatic carbocycles. The predicted molar refractivity (Wildman–Crippen MR) is 345 cm³/mol. The van der Waals surface area contributed by atoms with Gasteiger partial charge in [-0.05, 0) is 111 Å². The van der Waals surface area contributed by atoms with E-state index in [2.05, 4.69) is 70.5 Å². The highest BCUT2D eigenvalue weighted by atomic mass is 31.2. The first-order chi connectivity index (χ1) is 41.2. The first kappa shape index (κ1) is 64.9. The summed E-state index contributed by atoms with van der Waals surface area (Å²) in [5, 5.41) is 12.6. The highest BCUT2D eigenvalue weighted by Crippen LogP contribution is 2.48. The van der Waals surface area contributed by atoms with Crippen LogP contribution >= 0.6 is 7.14 Å². The number of esters is 4. The molecule has 0 aliphatic rings. The summed E-state index contributed by atoms with van der Waals surface area (Å²) in [5.74, 6) is 0.164. The van der Waals surface area contributed by atoms with Gasteiger partial charge in [0.05, 0.1) is 11.6 Å². The zero-order valence-electron chi connectivity index (χ0n) is 49.4. The number of carbonyl (C=O) groups excluding carboxylic acids is 5. The smallest absolute Gasteiger partial charge is 0.338 e. The quantitative estimate of drug-likeness (QED) is 0.0391. The Labute approximate surface area is 503 Å². The zero-order chi connectivity index (χ0) is 62.5. The maximum absolute atomic E-state index is 14.2. The number of carbonyl (C=O) groups is 5. The largest absolute Gasteiger partial charge is 0.423 e. The number of nitrogens with zero attached hydrogens (tertiary/aromatic N) is 1. The summed E-state index contributed by atoms with van der Waals surface area (Å²) >= 11 is 0. The summed E-state index contributed by atoms with van der Waals surface area (Å²) < 4.78 is 35.0. The van der Waals surface area contributed by atoms with E-state index in [9.17, 15) is 28.5 Å². The number of hydrogen-bond donors (Lipinski definition) is 0. The standard InChI is InChI=1S/C22H21O2P.C18H19N.C18H16O4.C16H12O4/c1-16-14-17(2)21(18(3)15-16)22(23)25(24,19-10-6-4-7-11-19)20-12-8-5-9-13-20;1-3-14(2)12-15-4-8-17(9-5-15)18-10-6-16(13-19)7-11-18;1-11(2)17(19)21-15-9-10-16(22-18(20)12(3)4)14-8-6-5-7-13(14)15;1-3-15(17)19-13-9-10-14(20-16(18)4-2)12-8-6-5-7-11(12)13/h4-15H,1-3H3;4-11,14H,3,12H2,1-2H3;5-10H,1,3H2,2,4H3;3-10H,1-2H2. The normalized spacial score (nSPS) is 10.8. The third-order valence-electron chi connectivity index (χ3n) is 13.5. The third kappa shape index (κ3) is 16.9. The molecule has 0 saturated carbocycles. The molecule has 86 heavy (non-hydrogen) atoms. The Kier molecular flexibility index (Phi) is 23.3. The van der Waals surface area contributed by atoms with Crippen molar-refractivity contribution in [2.24, 2.45) is 5.92 Å². The van der Waals surface area contributed by atoms with Crippen molar-refractivity contribution in [3.63, 3.8) is 0 Å². The van der Waals surface area contributed by atoms with Gasteiger partial charge < -0.3 is 23.5 Å². The fraction of sp³-hybridized carbons (Fsp3) is 0.135. The van der Waals surface area contributed by atoms with E-state index < -0.39 is 31.0 Å². The first-order valence-corrected chi connectivity index (χ1v) is 29.3. The molecule has 12 heteroatoms. The molecular formula is C74H68NO10P. The number of fused-ring (bicyclic) bond motifs is 2. The van der Waals surface area contributed by atoms with Gasteiger partial charge in [0.15, 0.2) is 0 Å². The molecule has 11 nitrogen and oxygen atoms in total. The highest BCUT2D eigenvalue weighted by Gasteiger charge is 2.38. The Morgan fingerprint density at radius 2 is 0.872 bits per heavy atom. The van der Waals surface area contributed by atoms with Crippen LogP contribution in [-0.4, -0.2) is 29.4 Å². The number of nitriles is 1. The molecule has 0 saturated heterocycles. The second kappa shape index (κ2) is 30.9. The van der Waals surface area contributed by atoms with Crippen LogP contribution < -0.4 is 29.6 Å². The van der Waals surface area contributed by atoms with Gasteiger partial charge >= 0.3 is 23.9 Å². The van der Waals surface area contributed by atoms with Crippen molar-refractivity contribution >= 4 is 68.7 Å². The average Bonchev–Trinajstić information content (AvgIpc) is 1.000. The Bertz CT molecular complexity index is 3870. The summed E-state index contributed by atoms with van der Waals surface area (Å²) in [6.07, 6.45) is 4.53. The highest BCUT2D eigenvalue weighted by molar-refractivity contribution is 7.93. The van der Waals surface area contributed by atoms with E-state index in [4.69, 9.17) is 24.2 Å². The summed E-state index contributed by atoms with van der Waals surface area (Å²) in [6, 6.07) is 61.4. The minimum absolute atomic E-state index is 0.292. The fourth-order valence-corrected chi connectivity index (χ4v) is 11.6. The van der Waals surface area contributed by atoms with Crippen LogP contribution in [-0.2, 0) is 30.2 Å². The molecular weight excluding hydrogens is 1090 g/mol. The van der Waals surface area contributed by atoms with Crippen LogP contribution in [0.1, 0.15) is 72.3 Å². The van der Waals surface area contributed by atoms with Crippen LogP contribution in [0.4, 0.5) is 0 Å². The van der Waals surface area contributed by atoms with E-state index in [-0.39, 0.29) is 5.52 Å². The summed E-state index contributed by atoms with van der Waals surface area (Å²) in [5.41, 5.74) is 8.20. The van der Waals surface area contributed by atoms with Crippen molar-refractivity contribution in [2.45, 2.75) is 61.3 Å². The van der Waals surface area contributed by atoms with Crippen LogP contribution in [0, 0.1) is 38.0 Å². The molecule has 1 atom stereocenters. The molecule has 0 radical (unpaired) electrons. The van der Waals surface area contributed by atoms with Gasteiger partial charge in [-0.1, -0.05) is 210 Å². The number of benzene rings is 9. The van der Waals surface area contributed by atoms with Crippen LogP contribution in [0.3, 0.4) is 0 Å². The second-order valence-corrected chi connectivity index (χ2v) is 22.9. The van der Waals surface area contributed by atoms with Crippen LogP contribution in [0.2, 0.25) is 0 Å². The van der Waals surface area contributed by atoms with E-state index in [1.54, 1.807) is 98.8 Å². The molecule has 9 aromatic carbocycles. The van der Waals surface area contributed by atoms with Crippen LogP contribution in [0.25, 0.3) is 32.7 Å². The van der Waals surface area contributed by atoms with E-state index in [1.807, 2.05) is 106 Å². The monoisotopic (exact) mass is 1160 g/mol. The van der Waals surface area contributed by atoms with E-state index >= 15 is 0 Å². The van der Waals surface area contributed by atoms with Gasteiger partial charge in [0.1, 0.15) is 23.0 Å². The van der Waals surface area contributed by atoms with Crippen molar-refractivity contribution in [3.8, 4) is 40.2 Å². The Morgan fingerprint density at radius 3 is 1.21 bits per heavy atom. The third-order valence-corrected chi connectivity index (χ3v) is 16.4. The van der Waals surface area contributed by atoms with Gasteiger partial charge in [0.2, 0.25) is 12.7 Å². The molecule has 9 aromatic rings.